The molecule has 0 rings (SSSR count). The average Bonchev–Trinajstić information content (AvgIpc) is 1.27. The fourth-order valence-corrected chi connectivity index (χ4v) is 0.526. The van der Waals surface area contributed by atoms with Crippen LogP contribution in [-0.2, 0) is 10.3 Å². The molecule has 7 heavy (non-hydrogen) atoms. The molecule has 1 atom stereocenters. The first-order valence-electron chi connectivity index (χ1n) is 1.81. The van der Waals surface area contributed by atoms with Crippen molar-refractivity contribution < 1.29 is 8.42 Å². The van der Waals surface area contributed by atoms with Gasteiger partial charge in [-0.3, -0.25) is 0 Å². The third-order valence-electron chi connectivity index (χ3n) is 0.326. The van der Waals surface area contributed by atoms with Crippen LogP contribution < -0.4 is 5.73 Å². The fourth-order valence-electron chi connectivity index (χ4n) is 0.175. The van der Waals surface area contributed by atoms with Gasteiger partial charge in [0.15, 0.2) is 0 Å². The van der Waals surface area contributed by atoms with Crippen molar-refractivity contribution in [1.82, 2.24) is 0 Å². The van der Waals surface area contributed by atoms with Crippen molar-refractivity contribution in [3.8, 4) is 0 Å². The summed E-state index contributed by atoms with van der Waals surface area (Å²) < 4.78 is 19.3. The van der Waals surface area contributed by atoms with Crippen LogP contribution in [0.15, 0.2) is 0 Å². The van der Waals surface area contributed by atoms with E-state index in [-0.39, 0.29) is 6.04 Å². The molecule has 0 fully saturated rings. The summed E-state index contributed by atoms with van der Waals surface area (Å²) in [4.78, 5) is 0. The standard InChI is InChI=1S/C3H7NO2S/c1-3(4)2-7(5)6/h2-3H,4H2,1H3. The zero-order valence-corrected chi connectivity index (χ0v) is 4.77. The lowest BCUT2D eigenvalue weighted by Crippen LogP contribution is -2.16. The number of rotatable bonds is 1. The minimum absolute atomic E-state index is 0.363. The maximum atomic E-state index is 9.67. The average molecular weight is 121 g/mol. The van der Waals surface area contributed by atoms with Crippen LogP contribution in [0.5, 0.6) is 0 Å². The van der Waals surface area contributed by atoms with E-state index in [1.165, 1.54) is 0 Å². The van der Waals surface area contributed by atoms with Gasteiger partial charge in [0.2, 0.25) is 10.3 Å². The molecule has 0 aliphatic carbocycles. The SMILES string of the molecule is CC(N)C=S(=O)=O. The van der Waals surface area contributed by atoms with Crippen LogP contribution in [-0.4, -0.2) is 19.8 Å². The largest absolute Gasteiger partial charge is 0.324 e. The van der Waals surface area contributed by atoms with Crippen LogP contribution in [0.2, 0.25) is 0 Å². The van der Waals surface area contributed by atoms with E-state index in [1.54, 1.807) is 6.92 Å². The predicted octanol–water partition coefficient (Wildman–Crippen LogP) is -0.985. The van der Waals surface area contributed by atoms with Gasteiger partial charge in [-0.1, -0.05) is 0 Å². The van der Waals surface area contributed by atoms with Gasteiger partial charge in [0.25, 0.3) is 0 Å². The molecule has 0 heterocycles. The van der Waals surface area contributed by atoms with Crippen molar-refractivity contribution in [3.05, 3.63) is 0 Å². The molecule has 0 aromatic rings. The van der Waals surface area contributed by atoms with Crippen molar-refractivity contribution in [2.45, 2.75) is 13.0 Å². The maximum Gasteiger partial charge on any atom is 0.211 e. The molecule has 1 unspecified atom stereocenters. The Morgan fingerprint density at radius 3 is 2.14 bits per heavy atom. The van der Waals surface area contributed by atoms with E-state index in [4.69, 9.17) is 5.73 Å². The topological polar surface area (TPSA) is 60.2 Å². The predicted molar refractivity (Wildman–Crippen MR) is 28.6 cm³/mol. The van der Waals surface area contributed by atoms with Crippen molar-refractivity contribution >= 4 is 15.7 Å². The van der Waals surface area contributed by atoms with E-state index in [2.05, 4.69) is 0 Å². The van der Waals surface area contributed by atoms with E-state index in [9.17, 15) is 8.42 Å². The van der Waals surface area contributed by atoms with Crippen molar-refractivity contribution in [2.24, 2.45) is 5.73 Å². The van der Waals surface area contributed by atoms with Gasteiger partial charge in [-0.2, -0.15) is 8.42 Å². The molecule has 0 saturated carbocycles. The van der Waals surface area contributed by atoms with Crippen molar-refractivity contribution in [2.75, 3.05) is 0 Å². The molecule has 0 bridgehead atoms. The van der Waals surface area contributed by atoms with E-state index in [1.807, 2.05) is 0 Å². The lowest BCUT2D eigenvalue weighted by Gasteiger charge is -1.83. The monoisotopic (exact) mass is 121 g/mol. The number of hydrogen-bond donors (Lipinski definition) is 1. The van der Waals surface area contributed by atoms with E-state index >= 15 is 0 Å². The highest BCUT2D eigenvalue weighted by atomic mass is 32.2. The summed E-state index contributed by atoms with van der Waals surface area (Å²) in [6, 6.07) is -0.363. The molecule has 0 radical (unpaired) electrons. The molecule has 0 spiro atoms. The number of nitrogens with two attached hydrogens (primary N) is 1. The van der Waals surface area contributed by atoms with Gasteiger partial charge in [0, 0.05) is 6.04 Å². The summed E-state index contributed by atoms with van der Waals surface area (Å²) in [5.41, 5.74) is 5.04. The Morgan fingerprint density at radius 1 is 1.71 bits per heavy atom. The summed E-state index contributed by atoms with van der Waals surface area (Å²) in [5.74, 6) is 0. The highest BCUT2D eigenvalue weighted by molar-refractivity contribution is 7.71. The van der Waals surface area contributed by atoms with E-state index in [0.29, 0.717) is 0 Å². The maximum absolute atomic E-state index is 9.67. The van der Waals surface area contributed by atoms with Crippen LogP contribution in [0.4, 0.5) is 0 Å². The van der Waals surface area contributed by atoms with Crippen LogP contribution in [0.1, 0.15) is 6.92 Å². The summed E-state index contributed by atoms with van der Waals surface area (Å²) in [7, 11) is -2.10. The second-order valence-electron chi connectivity index (χ2n) is 1.26. The van der Waals surface area contributed by atoms with Crippen molar-refractivity contribution in [3.63, 3.8) is 0 Å². The summed E-state index contributed by atoms with van der Waals surface area (Å²) in [5, 5.41) is 1.03. The van der Waals surface area contributed by atoms with Gasteiger partial charge in [-0.15, -0.1) is 0 Å². The van der Waals surface area contributed by atoms with Crippen LogP contribution in [0.25, 0.3) is 0 Å². The minimum atomic E-state index is -2.10. The number of hydrogen-bond acceptors (Lipinski definition) is 3. The Balaban J connectivity index is 3.96. The molecule has 2 N–H and O–H groups in total. The molecule has 0 saturated heterocycles. The second-order valence-corrected chi connectivity index (χ2v) is 2.05. The lowest BCUT2D eigenvalue weighted by molar-refractivity contribution is 0.627. The van der Waals surface area contributed by atoms with Gasteiger partial charge >= 0.3 is 0 Å². The molecule has 0 aromatic heterocycles. The Labute approximate surface area is 43.7 Å². The smallest absolute Gasteiger partial charge is 0.211 e. The molecule has 42 valence electrons. The molecular weight excluding hydrogens is 114 g/mol. The fraction of sp³-hybridized carbons (Fsp3) is 0.667. The van der Waals surface area contributed by atoms with Gasteiger partial charge in [0.1, 0.15) is 0 Å². The third-order valence-corrected chi connectivity index (χ3v) is 0.977. The van der Waals surface area contributed by atoms with Crippen LogP contribution in [0, 0.1) is 0 Å². The molecular formula is C3H7NO2S. The van der Waals surface area contributed by atoms with Gasteiger partial charge < -0.3 is 5.73 Å². The second kappa shape index (κ2) is 2.76. The molecule has 0 aliphatic rings. The minimum Gasteiger partial charge on any atom is -0.324 e. The quantitative estimate of drug-likeness (QED) is 0.453. The summed E-state index contributed by atoms with van der Waals surface area (Å²) >= 11 is 0. The van der Waals surface area contributed by atoms with Crippen LogP contribution >= 0.6 is 0 Å². The van der Waals surface area contributed by atoms with Gasteiger partial charge in [-0.25, -0.2) is 0 Å². The van der Waals surface area contributed by atoms with Crippen molar-refractivity contribution in [1.29, 1.82) is 0 Å². The Hall–Kier alpha value is -0.350. The normalized spacial score (nSPS) is 12.9. The van der Waals surface area contributed by atoms with Crippen LogP contribution in [0.3, 0.4) is 0 Å². The Kier molecular flexibility index (Phi) is 2.62. The Morgan fingerprint density at radius 2 is 2.14 bits per heavy atom. The first-order chi connectivity index (χ1) is 3.13. The van der Waals surface area contributed by atoms with Gasteiger partial charge in [0.05, 0.1) is 5.37 Å². The molecule has 0 aliphatic heterocycles. The van der Waals surface area contributed by atoms with E-state index in [0.717, 1.165) is 5.37 Å². The zero-order chi connectivity index (χ0) is 5.86. The van der Waals surface area contributed by atoms with Gasteiger partial charge in [-0.05, 0) is 6.92 Å². The summed E-state index contributed by atoms with van der Waals surface area (Å²) in [6.45, 7) is 1.59. The van der Waals surface area contributed by atoms with E-state index < -0.39 is 10.3 Å². The highest BCUT2D eigenvalue weighted by Crippen LogP contribution is 1.59. The Bertz CT molecular complexity index is 148. The zero-order valence-electron chi connectivity index (χ0n) is 3.96. The molecule has 3 nitrogen and oxygen atoms in total. The highest BCUT2D eigenvalue weighted by Gasteiger charge is 1.81. The molecule has 0 aromatic carbocycles. The lowest BCUT2D eigenvalue weighted by atomic mass is 10.4. The summed E-state index contributed by atoms with van der Waals surface area (Å²) in [6.07, 6.45) is 0. The molecule has 4 heteroatoms. The first kappa shape index (κ1) is 6.65. The third kappa shape index (κ3) is 5.65. The molecule has 0 amide bonds. The first-order valence-corrected chi connectivity index (χ1v) is 2.95.